The molecule has 94 valence electrons. The number of hydrogen-bond donors (Lipinski definition) is 2. The van der Waals surface area contributed by atoms with E-state index in [1.807, 2.05) is 0 Å². The molecule has 1 aromatic heterocycles. The minimum absolute atomic E-state index is 0.00279. The molecule has 0 aliphatic rings. The van der Waals surface area contributed by atoms with Gasteiger partial charge in [0.05, 0.1) is 18.5 Å². The first-order valence-corrected chi connectivity index (χ1v) is 5.06. The number of hydrogen-bond acceptors (Lipinski definition) is 3. The van der Waals surface area contributed by atoms with E-state index in [9.17, 15) is 13.6 Å². The molecule has 0 fully saturated rings. The van der Waals surface area contributed by atoms with E-state index in [0.29, 0.717) is 0 Å². The normalized spacial score (nSPS) is 10.3. The summed E-state index contributed by atoms with van der Waals surface area (Å²) in [4.78, 5) is 10.8. The minimum Gasteiger partial charge on any atom is -0.478 e. The third-order valence-electron chi connectivity index (χ3n) is 2.35. The molecule has 0 aliphatic carbocycles. The largest absolute Gasteiger partial charge is 0.478 e. The number of rotatable bonds is 4. The highest BCUT2D eigenvalue weighted by Gasteiger charge is 2.13. The van der Waals surface area contributed by atoms with Gasteiger partial charge in [-0.3, -0.25) is 0 Å². The molecule has 4 nitrogen and oxygen atoms in total. The number of carboxylic acids is 1. The maximum Gasteiger partial charge on any atom is 0.339 e. The standard InChI is InChI=1S/C12H9F2NO3/c13-7-1-2-10(9(14)5-7)15-6-11-8(12(16)17)3-4-18-11/h1-5,15H,6H2,(H,16,17). The SMILES string of the molecule is O=C(O)c1ccoc1CNc1ccc(F)cc1F. The van der Waals surface area contributed by atoms with Crippen LogP contribution in [0.15, 0.2) is 34.9 Å². The van der Waals surface area contributed by atoms with E-state index < -0.39 is 17.6 Å². The molecule has 0 unspecified atom stereocenters. The van der Waals surface area contributed by atoms with Crippen molar-refractivity contribution in [1.29, 1.82) is 0 Å². The van der Waals surface area contributed by atoms with E-state index >= 15 is 0 Å². The fourth-order valence-corrected chi connectivity index (χ4v) is 1.48. The Hall–Kier alpha value is -2.37. The van der Waals surface area contributed by atoms with Gasteiger partial charge >= 0.3 is 5.97 Å². The van der Waals surface area contributed by atoms with E-state index in [1.54, 1.807) is 0 Å². The van der Waals surface area contributed by atoms with Crippen molar-refractivity contribution in [2.75, 3.05) is 5.32 Å². The second-order valence-corrected chi connectivity index (χ2v) is 3.54. The molecule has 0 amide bonds. The fourth-order valence-electron chi connectivity index (χ4n) is 1.48. The average Bonchev–Trinajstić information content (AvgIpc) is 2.76. The van der Waals surface area contributed by atoms with Crippen LogP contribution in [-0.2, 0) is 6.54 Å². The van der Waals surface area contributed by atoms with E-state index in [2.05, 4.69) is 5.32 Å². The summed E-state index contributed by atoms with van der Waals surface area (Å²) in [6, 6.07) is 4.38. The number of furan rings is 1. The van der Waals surface area contributed by atoms with Gasteiger partial charge in [0.1, 0.15) is 23.0 Å². The summed E-state index contributed by atoms with van der Waals surface area (Å²) in [5.74, 6) is -2.38. The lowest BCUT2D eigenvalue weighted by Gasteiger charge is -2.06. The Morgan fingerprint density at radius 1 is 1.33 bits per heavy atom. The molecular formula is C12H9F2NO3. The number of carboxylic acid groups (broad SMARTS) is 1. The van der Waals surface area contributed by atoms with Crippen molar-refractivity contribution in [2.45, 2.75) is 6.54 Å². The van der Waals surface area contributed by atoms with E-state index in [-0.39, 0.29) is 23.6 Å². The molecule has 0 radical (unpaired) electrons. The molecule has 0 spiro atoms. The predicted octanol–water partition coefficient (Wildman–Crippen LogP) is 2.87. The van der Waals surface area contributed by atoms with Crippen LogP contribution in [0, 0.1) is 11.6 Å². The molecule has 2 N–H and O–H groups in total. The summed E-state index contributed by atoms with van der Waals surface area (Å²) in [6.07, 6.45) is 1.24. The summed E-state index contributed by atoms with van der Waals surface area (Å²) in [7, 11) is 0. The van der Waals surface area contributed by atoms with Gasteiger partial charge in [0, 0.05) is 6.07 Å². The van der Waals surface area contributed by atoms with Gasteiger partial charge in [-0.1, -0.05) is 0 Å². The number of benzene rings is 1. The van der Waals surface area contributed by atoms with Gasteiger partial charge in [0.2, 0.25) is 0 Å². The molecule has 1 heterocycles. The van der Waals surface area contributed by atoms with Crippen molar-refractivity contribution < 1.29 is 23.1 Å². The van der Waals surface area contributed by atoms with E-state index in [0.717, 1.165) is 12.1 Å². The van der Waals surface area contributed by atoms with E-state index in [1.165, 1.54) is 18.4 Å². The Kier molecular flexibility index (Phi) is 3.27. The Balaban J connectivity index is 2.11. The molecule has 1 aromatic carbocycles. The smallest absolute Gasteiger partial charge is 0.339 e. The number of anilines is 1. The van der Waals surface area contributed by atoms with Gasteiger partial charge in [-0.05, 0) is 18.2 Å². The number of carbonyl (C=O) groups is 1. The molecule has 2 aromatic rings. The molecule has 0 saturated carbocycles. The first-order valence-electron chi connectivity index (χ1n) is 5.06. The van der Waals surface area contributed by atoms with Gasteiger partial charge < -0.3 is 14.8 Å². The Morgan fingerprint density at radius 3 is 2.78 bits per heavy atom. The highest BCUT2D eigenvalue weighted by molar-refractivity contribution is 5.88. The van der Waals surface area contributed by atoms with Gasteiger partial charge in [-0.15, -0.1) is 0 Å². The first-order chi connectivity index (χ1) is 8.58. The summed E-state index contributed by atoms with van der Waals surface area (Å²) in [6.45, 7) is -0.00279. The van der Waals surface area contributed by atoms with Crippen LogP contribution >= 0.6 is 0 Å². The fraction of sp³-hybridized carbons (Fsp3) is 0.0833. The molecular weight excluding hydrogens is 244 g/mol. The van der Waals surface area contributed by atoms with Crippen molar-refractivity contribution in [3.8, 4) is 0 Å². The Bertz CT molecular complexity index is 580. The Morgan fingerprint density at radius 2 is 2.11 bits per heavy atom. The van der Waals surface area contributed by atoms with Crippen molar-refractivity contribution in [3.63, 3.8) is 0 Å². The minimum atomic E-state index is -1.12. The van der Waals surface area contributed by atoms with Crippen molar-refractivity contribution in [1.82, 2.24) is 0 Å². The van der Waals surface area contributed by atoms with Crippen LogP contribution in [0.25, 0.3) is 0 Å². The quantitative estimate of drug-likeness (QED) is 0.879. The third-order valence-corrected chi connectivity index (χ3v) is 2.35. The second-order valence-electron chi connectivity index (χ2n) is 3.54. The van der Waals surface area contributed by atoms with Crippen molar-refractivity contribution >= 4 is 11.7 Å². The lowest BCUT2D eigenvalue weighted by Crippen LogP contribution is -2.05. The Labute approximate surface area is 101 Å². The molecule has 0 bridgehead atoms. The molecule has 2 rings (SSSR count). The second kappa shape index (κ2) is 4.87. The van der Waals surface area contributed by atoms with Gasteiger partial charge in [0.25, 0.3) is 0 Å². The average molecular weight is 253 g/mol. The van der Waals surface area contributed by atoms with Crippen LogP contribution in [0.2, 0.25) is 0 Å². The highest BCUT2D eigenvalue weighted by atomic mass is 19.1. The predicted molar refractivity (Wildman–Crippen MR) is 59.4 cm³/mol. The number of halogens is 2. The molecule has 0 atom stereocenters. The molecule has 0 saturated heterocycles. The number of nitrogens with one attached hydrogen (secondary N) is 1. The van der Waals surface area contributed by atoms with Gasteiger partial charge in [0.15, 0.2) is 0 Å². The molecule has 18 heavy (non-hydrogen) atoms. The molecule has 6 heteroatoms. The zero-order valence-electron chi connectivity index (χ0n) is 9.11. The van der Waals surface area contributed by atoms with Crippen LogP contribution in [0.4, 0.5) is 14.5 Å². The summed E-state index contributed by atoms with van der Waals surface area (Å²) >= 11 is 0. The van der Waals surface area contributed by atoms with Crippen LogP contribution in [0.3, 0.4) is 0 Å². The summed E-state index contributed by atoms with van der Waals surface area (Å²) in [5, 5.41) is 11.5. The first kappa shape index (κ1) is 12.1. The monoisotopic (exact) mass is 253 g/mol. The van der Waals surface area contributed by atoms with Gasteiger partial charge in [-0.25, -0.2) is 13.6 Å². The number of aromatic carboxylic acids is 1. The zero-order valence-corrected chi connectivity index (χ0v) is 9.11. The van der Waals surface area contributed by atoms with E-state index in [4.69, 9.17) is 9.52 Å². The van der Waals surface area contributed by atoms with Crippen molar-refractivity contribution in [3.05, 3.63) is 53.5 Å². The maximum atomic E-state index is 13.3. The van der Waals surface area contributed by atoms with Crippen LogP contribution in [0.1, 0.15) is 16.1 Å². The third kappa shape index (κ3) is 2.48. The highest BCUT2D eigenvalue weighted by Crippen LogP contribution is 2.17. The maximum absolute atomic E-state index is 13.3. The van der Waals surface area contributed by atoms with Gasteiger partial charge in [-0.2, -0.15) is 0 Å². The van der Waals surface area contributed by atoms with Crippen LogP contribution in [-0.4, -0.2) is 11.1 Å². The molecule has 0 aliphatic heterocycles. The van der Waals surface area contributed by atoms with Crippen LogP contribution in [0.5, 0.6) is 0 Å². The zero-order chi connectivity index (χ0) is 13.1. The lowest BCUT2D eigenvalue weighted by molar-refractivity contribution is 0.0694. The lowest BCUT2D eigenvalue weighted by atomic mass is 10.2. The van der Waals surface area contributed by atoms with Crippen LogP contribution < -0.4 is 5.32 Å². The summed E-state index contributed by atoms with van der Waals surface area (Å²) in [5.41, 5.74) is 0.0779. The topological polar surface area (TPSA) is 62.5 Å². The van der Waals surface area contributed by atoms with Crippen molar-refractivity contribution in [2.24, 2.45) is 0 Å². The summed E-state index contributed by atoms with van der Waals surface area (Å²) < 4.78 is 30.9.